The summed E-state index contributed by atoms with van der Waals surface area (Å²) in [4.78, 5) is 26.7. The summed E-state index contributed by atoms with van der Waals surface area (Å²) in [5.74, 6) is -0.284. The molecule has 1 heterocycles. The number of hydrogen-bond acceptors (Lipinski definition) is 3. The summed E-state index contributed by atoms with van der Waals surface area (Å²) >= 11 is 0. The predicted molar refractivity (Wildman–Crippen MR) is 77.9 cm³/mol. The molecular formula is C15H26N2O4. The number of aliphatic carboxylic acids is 1. The SMILES string of the molecule is CCC1CCC(N(C)C(=O)N2C[C@@H](O)C[C@H]2C(=O)O)CC1. The van der Waals surface area contributed by atoms with Crippen molar-refractivity contribution in [1.82, 2.24) is 9.80 Å². The van der Waals surface area contributed by atoms with E-state index in [1.165, 1.54) is 11.3 Å². The van der Waals surface area contributed by atoms with Gasteiger partial charge in [-0.25, -0.2) is 9.59 Å². The molecule has 2 aliphatic rings. The van der Waals surface area contributed by atoms with Gasteiger partial charge in [0.1, 0.15) is 6.04 Å². The zero-order valence-corrected chi connectivity index (χ0v) is 12.9. The summed E-state index contributed by atoms with van der Waals surface area (Å²) in [6.45, 7) is 2.31. The largest absolute Gasteiger partial charge is 0.480 e. The van der Waals surface area contributed by atoms with Crippen LogP contribution in [0.5, 0.6) is 0 Å². The molecule has 0 aromatic heterocycles. The van der Waals surface area contributed by atoms with Crippen LogP contribution < -0.4 is 0 Å². The summed E-state index contributed by atoms with van der Waals surface area (Å²) in [6.07, 6.45) is 4.79. The minimum Gasteiger partial charge on any atom is -0.480 e. The Bertz CT molecular complexity index is 393. The molecule has 0 bridgehead atoms. The molecule has 0 aromatic rings. The van der Waals surface area contributed by atoms with Crippen molar-refractivity contribution in [2.75, 3.05) is 13.6 Å². The Labute approximate surface area is 125 Å². The number of β-amino-alcohol motifs (C(OH)–C–C–N with tert-alkyl or cyclic N) is 1. The van der Waals surface area contributed by atoms with Gasteiger partial charge in [0.15, 0.2) is 0 Å². The summed E-state index contributed by atoms with van der Waals surface area (Å²) in [5, 5.41) is 18.8. The van der Waals surface area contributed by atoms with Gasteiger partial charge in [0, 0.05) is 26.1 Å². The number of carboxylic acid groups (broad SMARTS) is 1. The van der Waals surface area contributed by atoms with Crippen molar-refractivity contribution in [3.63, 3.8) is 0 Å². The quantitative estimate of drug-likeness (QED) is 0.828. The molecule has 6 nitrogen and oxygen atoms in total. The van der Waals surface area contributed by atoms with Gasteiger partial charge < -0.3 is 20.0 Å². The fourth-order valence-electron chi connectivity index (χ4n) is 3.56. The lowest BCUT2D eigenvalue weighted by Crippen LogP contribution is -2.50. The van der Waals surface area contributed by atoms with Gasteiger partial charge in [-0.3, -0.25) is 0 Å². The zero-order chi connectivity index (χ0) is 15.6. The molecule has 2 rings (SSSR count). The number of carbonyl (C=O) groups excluding carboxylic acids is 1. The van der Waals surface area contributed by atoms with Crippen molar-refractivity contribution in [1.29, 1.82) is 0 Å². The van der Waals surface area contributed by atoms with Gasteiger partial charge >= 0.3 is 12.0 Å². The van der Waals surface area contributed by atoms with Crippen LogP contribution in [0.25, 0.3) is 0 Å². The molecule has 2 amide bonds. The van der Waals surface area contributed by atoms with Crippen molar-refractivity contribution >= 4 is 12.0 Å². The minimum atomic E-state index is -1.04. The van der Waals surface area contributed by atoms with Gasteiger partial charge in [0.2, 0.25) is 0 Å². The number of rotatable bonds is 3. The first-order valence-electron chi connectivity index (χ1n) is 7.88. The maximum Gasteiger partial charge on any atom is 0.326 e. The van der Waals surface area contributed by atoms with Crippen LogP contribution in [0.2, 0.25) is 0 Å². The van der Waals surface area contributed by atoms with E-state index in [0.717, 1.165) is 31.6 Å². The van der Waals surface area contributed by atoms with Gasteiger partial charge in [-0.15, -0.1) is 0 Å². The Balaban J connectivity index is 1.97. The molecule has 1 aliphatic heterocycles. The van der Waals surface area contributed by atoms with Crippen LogP contribution in [0.1, 0.15) is 45.4 Å². The standard InChI is InChI=1S/C15H26N2O4/c1-3-10-4-6-11(7-5-10)16(2)15(21)17-9-12(18)8-13(17)14(19)20/h10-13,18H,3-9H2,1-2H3,(H,19,20)/t10?,11?,12-,13-/m0/s1. The number of nitrogens with zero attached hydrogens (tertiary/aromatic N) is 2. The number of aliphatic hydroxyl groups is 1. The first-order valence-corrected chi connectivity index (χ1v) is 7.88. The molecular weight excluding hydrogens is 272 g/mol. The molecule has 2 atom stereocenters. The normalized spacial score (nSPS) is 33.0. The number of carbonyl (C=O) groups is 2. The average molecular weight is 298 g/mol. The minimum absolute atomic E-state index is 0.116. The smallest absolute Gasteiger partial charge is 0.326 e. The highest BCUT2D eigenvalue weighted by molar-refractivity contribution is 5.83. The Morgan fingerprint density at radius 3 is 2.38 bits per heavy atom. The van der Waals surface area contributed by atoms with Gasteiger partial charge in [-0.05, 0) is 31.6 Å². The molecule has 2 N–H and O–H groups in total. The third-order valence-corrected chi connectivity index (χ3v) is 5.05. The topological polar surface area (TPSA) is 81.1 Å². The highest BCUT2D eigenvalue weighted by atomic mass is 16.4. The first kappa shape index (κ1) is 16.1. The van der Waals surface area contributed by atoms with Crippen LogP contribution >= 0.6 is 0 Å². The predicted octanol–water partition coefficient (Wildman–Crippen LogP) is 1.53. The molecule has 1 saturated heterocycles. The number of urea groups is 1. The lowest BCUT2D eigenvalue weighted by atomic mass is 9.84. The van der Waals surface area contributed by atoms with E-state index in [0.29, 0.717) is 0 Å². The van der Waals surface area contributed by atoms with Gasteiger partial charge in [-0.1, -0.05) is 13.3 Å². The van der Waals surface area contributed by atoms with Crippen LogP contribution in [-0.4, -0.2) is 63.8 Å². The number of amides is 2. The lowest BCUT2D eigenvalue weighted by molar-refractivity contribution is -0.141. The molecule has 1 aliphatic carbocycles. The fourth-order valence-corrected chi connectivity index (χ4v) is 3.56. The summed E-state index contributed by atoms with van der Waals surface area (Å²) in [7, 11) is 1.75. The van der Waals surface area contributed by atoms with Gasteiger partial charge in [0.25, 0.3) is 0 Å². The van der Waals surface area contributed by atoms with E-state index in [1.807, 2.05) is 0 Å². The molecule has 0 aromatic carbocycles. The Kier molecular flexibility index (Phi) is 5.08. The highest BCUT2D eigenvalue weighted by Gasteiger charge is 2.41. The number of hydrogen-bond donors (Lipinski definition) is 2. The van der Waals surface area contributed by atoms with E-state index in [4.69, 9.17) is 0 Å². The third-order valence-electron chi connectivity index (χ3n) is 5.05. The van der Waals surface area contributed by atoms with Crippen LogP contribution in [0.3, 0.4) is 0 Å². The lowest BCUT2D eigenvalue weighted by Gasteiger charge is -2.37. The van der Waals surface area contributed by atoms with E-state index in [2.05, 4.69) is 6.92 Å². The van der Waals surface area contributed by atoms with Gasteiger partial charge in [-0.2, -0.15) is 0 Å². The second kappa shape index (κ2) is 6.64. The second-order valence-electron chi connectivity index (χ2n) is 6.37. The molecule has 2 fully saturated rings. The number of carboxylic acids is 1. The maximum absolute atomic E-state index is 12.5. The Morgan fingerprint density at radius 2 is 1.86 bits per heavy atom. The molecule has 0 radical (unpaired) electrons. The number of aliphatic hydroxyl groups excluding tert-OH is 1. The Hall–Kier alpha value is -1.30. The van der Waals surface area contributed by atoms with E-state index in [-0.39, 0.29) is 25.0 Å². The Morgan fingerprint density at radius 1 is 1.24 bits per heavy atom. The zero-order valence-electron chi connectivity index (χ0n) is 12.9. The molecule has 0 spiro atoms. The van der Waals surface area contributed by atoms with Crippen molar-refractivity contribution in [2.45, 2.75) is 63.6 Å². The molecule has 21 heavy (non-hydrogen) atoms. The number of likely N-dealkylation sites (tertiary alicyclic amines) is 1. The highest BCUT2D eigenvalue weighted by Crippen LogP contribution is 2.30. The maximum atomic E-state index is 12.5. The summed E-state index contributed by atoms with van der Waals surface area (Å²) in [6, 6.07) is -0.978. The van der Waals surface area contributed by atoms with E-state index in [9.17, 15) is 19.8 Å². The van der Waals surface area contributed by atoms with Crippen molar-refractivity contribution in [3.05, 3.63) is 0 Å². The molecule has 0 unspecified atom stereocenters. The van der Waals surface area contributed by atoms with Crippen LogP contribution in [0, 0.1) is 5.92 Å². The first-order chi connectivity index (χ1) is 9.93. The van der Waals surface area contributed by atoms with Crippen molar-refractivity contribution in [3.8, 4) is 0 Å². The van der Waals surface area contributed by atoms with E-state index in [1.54, 1.807) is 11.9 Å². The monoisotopic (exact) mass is 298 g/mol. The van der Waals surface area contributed by atoms with Crippen LogP contribution in [-0.2, 0) is 4.79 Å². The third kappa shape index (κ3) is 3.48. The van der Waals surface area contributed by atoms with E-state index >= 15 is 0 Å². The molecule has 6 heteroatoms. The molecule has 120 valence electrons. The molecule has 1 saturated carbocycles. The summed E-state index contributed by atoms with van der Waals surface area (Å²) in [5.41, 5.74) is 0. The van der Waals surface area contributed by atoms with E-state index < -0.39 is 18.1 Å². The van der Waals surface area contributed by atoms with Crippen molar-refractivity contribution < 1.29 is 19.8 Å². The van der Waals surface area contributed by atoms with Crippen LogP contribution in [0.15, 0.2) is 0 Å². The van der Waals surface area contributed by atoms with Crippen LogP contribution in [0.4, 0.5) is 4.79 Å². The second-order valence-corrected chi connectivity index (χ2v) is 6.37. The summed E-state index contributed by atoms with van der Waals surface area (Å²) < 4.78 is 0. The average Bonchev–Trinajstić information content (AvgIpc) is 2.88. The fraction of sp³-hybridized carbons (Fsp3) is 0.867. The van der Waals surface area contributed by atoms with Gasteiger partial charge in [0.05, 0.1) is 6.10 Å². The van der Waals surface area contributed by atoms with Crippen molar-refractivity contribution in [2.24, 2.45) is 5.92 Å².